The summed E-state index contributed by atoms with van der Waals surface area (Å²) in [7, 11) is 0. The van der Waals surface area contributed by atoms with Crippen molar-refractivity contribution < 1.29 is 4.74 Å². The third kappa shape index (κ3) is 3.12. The molecule has 84 valence electrons. The molecule has 0 saturated carbocycles. The number of rotatable bonds is 4. The van der Waals surface area contributed by atoms with Crippen LogP contribution in [-0.4, -0.2) is 41.3 Å². The summed E-state index contributed by atoms with van der Waals surface area (Å²) in [6.07, 6.45) is 2.60. The van der Waals surface area contributed by atoms with Gasteiger partial charge in [0, 0.05) is 18.4 Å². The minimum absolute atomic E-state index is 0.423. The van der Waals surface area contributed by atoms with Crippen molar-refractivity contribution in [3.63, 3.8) is 0 Å². The molecule has 0 aromatic carbocycles. The van der Waals surface area contributed by atoms with E-state index in [1.807, 2.05) is 0 Å². The smallest absolute Gasteiger partial charge is 0.208 e. The summed E-state index contributed by atoms with van der Waals surface area (Å²) in [4.78, 5) is 2.28. The molecule has 0 radical (unpaired) electrons. The van der Waals surface area contributed by atoms with Crippen LogP contribution in [0.2, 0.25) is 0 Å². The molecule has 2 rings (SSSR count). The lowest BCUT2D eigenvalue weighted by Gasteiger charge is -2.31. The molecule has 1 aliphatic rings. The van der Waals surface area contributed by atoms with Crippen molar-refractivity contribution in [2.45, 2.75) is 18.9 Å². The molecule has 0 N–H and O–H groups in total. The van der Waals surface area contributed by atoms with E-state index in [2.05, 4.69) is 31.0 Å². The maximum Gasteiger partial charge on any atom is 0.208 e. The van der Waals surface area contributed by atoms with Crippen molar-refractivity contribution >= 4 is 32.4 Å². The van der Waals surface area contributed by atoms with E-state index in [1.54, 1.807) is 16.8 Å². The van der Waals surface area contributed by atoms with Gasteiger partial charge in [-0.25, -0.2) is 0 Å². The predicted octanol–water partition coefficient (Wildman–Crippen LogP) is 1.92. The summed E-state index contributed by atoms with van der Waals surface area (Å²) >= 11 is 4.97. The van der Waals surface area contributed by atoms with Crippen LogP contribution in [-0.2, 0) is 4.74 Å². The Balaban J connectivity index is 1.77. The highest BCUT2D eigenvalue weighted by molar-refractivity contribution is 9.09. The van der Waals surface area contributed by atoms with Crippen LogP contribution in [0.3, 0.4) is 0 Å². The molecule has 2 heterocycles. The number of ether oxygens (including phenoxy) is 1. The van der Waals surface area contributed by atoms with Gasteiger partial charge in [-0.05, 0) is 12.8 Å². The van der Waals surface area contributed by atoms with E-state index in [1.165, 1.54) is 0 Å². The molecular formula is C9H14BrN3OS. The summed E-state index contributed by atoms with van der Waals surface area (Å²) < 4.78 is 5.69. The molecule has 6 heteroatoms. The zero-order valence-electron chi connectivity index (χ0n) is 8.43. The number of hydrogen-bond donors (Lipinski definition) is 0. The van der Waals surface area contributed by atoms with Crippen LogP contribution in [0.4, 0.5) is 5.13 Å². The Kier molecular flexibility index (Phi) is 4.34. The van der Waals surface area contributed by atoms with Crippen molar-refractivity contribution in [1.82, 2.24) is 10.2 Å². The van der Waals surface area contributed by atoms with Crippen LogP contribution < -0.4 is 4.90 Å². The van der Waals surface area contributed by atoms with Gasteiger partial charge < -0.3 is 9.64 Å². The molecule has 0 spiro atoms. The van der Waals surface area contributed by atoms with Crippen molar-refractivity contribution in [2.24, 2.45) is 0 Å². The standard InChI is InChI=1S/C9H14BrN3OS/c10-3-6-14-8-1-4-13(5-2-8)9-12-11-7-15-9/h7-8H,1-6H2. The molecule has 1 aromatic heterocycles. The first-order valence-corrected chi connectivity index (χ1v) is 7.09. The molecule has 1 aromatic rings. The monoisotopic (exact) mass is 291 g/mol. The summed E-state index contributed by atoms with van der Waals surface area (Å²) in [6, 6.07) is 0. The second kappa shape index (κ2) is 5.77. The van der Waals surface area contributed by atoms with Gasteiger partial charge in [-0.3, -0.25) is 0 Å². The highest BCUT2D eigenvalue weighted by atomic mass is 79.9. The van der Waals surface area contributed by atoms with E-state index >= 15 is 0 Å². The molecule has 1 saturated heterocycles. The van der Waals surface area contributed by atoms with E-state index in [-0.39, 0.29) is 0 Å². The van der Waals surface area contributed by atoms with Crippen molar-refractivity contribution in [1.29, 1.82) is 0 Å². The van der Waals surface area contributed by atoms with Gasteiger partial charge in [0.1, 0.15) is 5.51 Å². The maximum atomic E-state index is 5.69. The lowest BCUT2D eigenvalue weighted by atomic mass is 10.1. The van der Waals surface area contributed by atoms with Crippen molar-refractivity contribution in [3.05, 3.63) is 5.51 Å². The summed E-state index contributed by atoms with van der Waals surface area (Å²) in [6.45, 7) is 2.87. The van der Waals surface area contributed by atoms with E-state index in [4.69, 9.17) is 4.74 Å². The van der Waals surface area contributed by atoms with Crippen molar-refractivity contribution in [2.75, 3.05) is 29.9 Å². The van der Waals surface area contributed by atoms with E-state index in [0.717, 1.165) is 43.0 Å². The number of piperidine rings is 1. The predicted molar refractivity (Wildman–Crippen MR) is 64.9 cm³/mol. The minimum atomic E-state index is 0.423. The van der Waals surface area contributed by atoms with Crippen LogP contribution in [0.25, 0.3) is 0 Å². The van der Waals surface area contributed by atoms with Gasteiger partial charge in [-0.1, -0.05) is 27.3 Å². The largest absolute Gasteiger partial charge is 0.377 e. The first-order chi connectivity index (χ1) is 7.40. The van der Waals surface area contributed by atoms with Gasteiger partial charge in [0.25, 0.3) is 0 Å². The maximum absolute atomic E-state index is 5.69. The number of alkyl halides is 1. The fourth-order valence-corrected chi connectivity index (χ4v) is 2.53. The highest BCUT2D eigenvalue weighted by Crippen LogP contribution is 2.22. The molecule has 0 aliphatic carbocycles. The van der Waals surface area contributed by atoms with E-state index < -0.39 is 0 Å². The zero-order valence-corrected chi connectivity index (χ0v) is 10.8. The Labute approximate surface area is 102 Å². The number of nitrogens with zero attached hydrogens (tertiary/aromatic N) is 3. The second-order valence-corrected chi connectivity index (χ2v) is 5.07. The van der Waals surface area contributed by atoms with Crippen molar-refractivity contribution in [3.8, 4) is 0 Å². The summed E-state index contributed by atoms with van der Waals surface area (Å²) in [5.74, 6) is 0. The SMILES string of the molecule is BrCCOC1CCN(c2nncs2)CC1. The van der Waals surface area contributed by atoms with Crippen LogP contribution in [0.5, 0.6) is 0 Å². The lowest BCUT2D eigenvalue weighted by Crippen LogP contribution is -2.37. The topological polar surface area (TPSA) is 38.2 Å². The summed E-state index contributed by atoms with van der Waals surface area (Å²) in [5.41, 5.74) is 1.78. The number of hydrogen-bond acceptors (Lipinski definition) is 5. The second-order valence-electron chi connectivity index (χ2n) is 3.47. The van der Waals surface area contributed by atoms with Gasteiger partial charge in [-0.15, -0.1) is 10.2 Å². The van der Waals surface area contributed by atoms with Crippen LogP contribution in [0.15, 0.2) is 5.51 Å². The Hall–Kier alpha value is -0.200. The Morgan fingerprint density at radius 1 is 1.53 bits per heavy atom. The lowest BCUT2D eigenvalue weighted by molar-refractivity contribution is 0.0481. The fourth-order valence-electron chi connectivity index (χ4n) is 1.73. The van der Waals surface area contributed by atoms with Gasteiger partial charge in [0.15, 0.2) is 0 Å². The first kappa shape index (κ1) is 11.3. The molecule has 0 amide bonds. The molecule has 1 aliphatic heterocycles. The van der Waals surface area contributed by atoms with Gasteiger partial charge in [0.05, 0.1) is 12.7 Å². The number of anilines is 1. The quantitative estimate of drug-likeness (QED) is 0.795. The molecule has 0 atom stereocenters. The van der Waals surface area contributed by atoms with Crippen LogP contribution >= 0.6 is 27.3 Å². The average Bonchev–Trinajstić information content (AvgIpc) is 2.80. The Morgan fingerprint density at radius 2 is 2.33 bits per heavy atom. The minimum Gasteiger partial charge on any atom is -0.377 e. The Morgan fingerprint density at radius 3 is 2.93 bits per heavy atom. The molecule has 15 heavy (non-hydrogen) atoms. The zero-order chi connectivity index (χ0) is 10.5. The number of aromatic nitrogens is 2. The average molecular weight is 292 g/mol. The van der Waals surface area contributed by atoms with E-state index in [9.17, 15) is 0 Å². The normalized spacial score (nSPS) is 18.3. The van der Waals surface area contributed by atoms with E-state index in [0.29, 0.717) is 6.10 Å². The number of halogens is 1. The highest BCUT2D eigenvalue weighted by Gasteiger charge is 2.21. The Bertz CT molecular complexity index is 275. The fraction of sp³-hybridized carbons (Fsp3) is 0.778. The first-order valence-electron chi connectivity index (χ1n) is 5.09. The molecule has 1 fully saturated rings. The third-order valence-corrected chi connectivity index (χ3v) is 3.57. The van der Waals surface area contributed by atoms with Crippen LogP contribution in [0, 0.1) is 0 Å². The molecule has 0 unspecified atom stereocenters. The van der Waals surface area contributed by atoms with Gasteiger partial charge in [0.2, 0.25) is 5.13 Å². The summed E-state index contributed by atoms with van der Waals surface area (Å²) in [5, 5.41) is 9.88. The van der Waals surface area contributed by atoms with Gasteiger partial charge in [-0.2, -0.15) is 0 Å². The molecule has 0 bridgehead atoms. The molecule has 4 nitrogen and oxygen atoms in total. The molecular weight excluding hydrogens is 278 g/mol. The third-order valence-electron chi connectivity index (χ3n) is 2.49. The van der Waals surface area contributed by atoms with Gasteiger partial charge >= 0.3 is 0 Å². The van der Waals surface area contributed by atoms with Crippen LogP contribution in [0.1, 0.15) is 12.8 Å².